The molecular formula is C15H24GaN3O6. The molecule has 3 rings (SSSR count). The Morgan fingerprint density at radius 2 is 0.960 bits per heavy atom. The van der Waals surface area contributed by atoms with Gasteiger partial charge in [-0.25, -0.2) is 0 Å². The van der Waals surface area contributed by atoms with Gasteiger partial charge in [0.15, 0.2) is 0 Å². The first-order valence-electron chi connectivity index (χ1n) is 8.95. The zero-order valence-corrected chi connectivity index (χ0v) is 16.5. The van der Waals surface area contributed by atoms with Gasteiger partial charge in [0.05, 0.1) is 0 Å². The molecule has 0 amide bonds. The van der Waals surface area contributed by atoms with Crippen molar-refractivity contribution in [2.24, 2.45) is 0 Å². The molecular weight excluding hydrogens is 388 g/mol. The van der Waals surface area contributed by atoms with Gasteiger partial charge in [-0.2, -0.15) is 0 Å². The van der Waals surface area contributed by atoms with E-state index in [1.54, 1.807) is 0 Å². The fourth-order valence-corrected chi connectivity index (χ4v) is 5.79. The molecule has 3 heterocycles. The summed E-state index contributed by atoms with van der Waals surface area (Å²) >= 11 is -3.80. The van der Waals surface area contributed by atoms with Crippen LogP contribution in [-0.2, 0) is 25.0 Å². The van der Waals surface area contributed by atoms with Gasteiger partial charge in [0.25, 0.3) is 0 Å². The van der Waals surface area contributed by atoms with E-state index >= 15 is 0 Å². The molecule has 3 aliphatic rings. The summed E-state index contributed by atoms with van der Waals surface area (Å²) in [4.78, 5) is 36.6. The predicted octanol–water partition coefficient (Wildman–Crippen LogP) is -1.14. The average molecular weight is 412 g/mol. The van der Waals surface area contributed by atoms with Crippen molar-refractivity contribution in [2.75, 3.05) is 19.6 Å². The van der Waals surface area contributed by atoms with Crippen LogP contribution >= 0.6 is 0 Å². The van der Waals surface area contributed by atoms with Crippen LogP contribution in [0.4, 0.5) is 0 Å². The second kappa shape index (κ2) is 9.04. The molecule has 3 fully saturated rings. The number of rotatable bonds is 6. The van der Waals surface area contributed by atoms with Crippen molar-refractivity contribution in [3.05, 3.63) is 0 Å². The Bertz CT molecular complexity index is 430. The summed E-state index contributed by atoms with van der Waals surface area (Å²) in [5, 5.41) is 9.09. The Morgan fingerprint density at radius 3 is 1.20 bits per heavy atom. The van der Waals surface area contributed by atoms with Crippen molar-refractivity contribution in [1.29, 1.82) is 0 Å². The van der Waals surface area contributed by atoms with Gasteiger partial charge in [0, 0.05) is 0 Å². The third kappa shape index (κ3) is 5.20. The van der Waals surface area contributed by atoms with Gasteiger partial charge < -0.3 is 0 Å². The molecule has 3 saturated heterocycles. The van der Waals surface area contributed by atoms with E-state index < -0.39 is 53.3 Å². The fraction of sp³-hybridized carbons (Fsp3) is 0.800. The molecule has 0 aromatic carbocycles. The summed E-state index contributed by atoms with van der Waals surface area (Å²) in [5.74, 6) is -1.49. The minimum atomic E-state index is -3.80. The van der Waals surface area contributed by atoms with Crippen LogP contribution < -0.4 is 16.0 Å². The van der Waals surface area contributed by atoms with Crippen molar-refractivity contribution >= 4 is 35.2 Å². The molecule has 0 aromatic rings. The maximum atomic E-state index is 12.2. The molecule has 0 aliphatic carbocycles. The van der Waals surface area contributed by atoms with E-state index in [9.17, 15) is 14.4 Å². The van der Waals surface area contributed by atoms with E-state index in [1.807, 2.05) is 0 Å². The third-order valence-electron chi connectivity index (χ3n) is 4.67. The Labute approximate surface area is 152 Å². The SMILES string of the molecule is O=C([O][Ga]([O]C(=O)[C@@H]1CCCN1)[O]C(=O)[C@@H]1CCCN1)[C@@H]1CCCN1. The monoisotopic (exact) mass is 411 g/mol. The van der Waals surface area contributed by atoms with Crippen molar-refractivity contribution in [2.45, 2.75) is 56.7 Å². The number of carbonyl (C=O) groups is 3. The van der Waals surface area contributed by atoms with Gasteiger partial charge in [-0.15, -0.1) is 0 Å². The van der Waals surface area contributed by atoms with Crippen molar-refractivity contribution < 1.29 is 25.0 Å². The fourth-order valence-electron chi connectivity index (χ4n) is 3.26. The molecule has 0 saturated carbocycles. The van der Waals surface area contributed by atoms with Crippen LogP contribution in [0.15, 0.2) is 0 Å². The first-order chi connectivity index (χ1) is 12.1. The van der Waals surface area contributed by atoms with Gasteiger partial charge in [-0.05, 0) is 0 Å². The van der Waals surface area contributed by atoms with Crippen LogP contribution in [0.3, 0.4) is 0 Å². The Hall–Kier alpha value is -1.07. The van der Waals surface area contributed by atoms with Crippen LogP contribution in [0.5, 0.6) is 0 Å². The summed E-state index contributed by atoms with van der Waals surface area (Å²) in [6.45, 7) is 2.24. The maximum absolute atomic E-state index is 12.2. The second-order valence-corrected chi connectivity index (χ2v) is 9.24. The number of carbonyl (C=O) groups excluding carboxylic acids is 3. The number of hydrogen-bond acceptors (Lipinski definition) is 9. The Morgan fingerprint density at radius 1 is 0.640 bits per heavy atom. The summed E-state index contributed by atoms with van der Waals surface area (Å²) in [7, 11) is 0. The van der Waals surface area contributed by atoms with Crippen LogP contribution in [0.25, 0.3) is 0 Å². The van der Waals surface area contributed by atoms with Crippen LogP contribution in [0.1, 0.15) is 38.5 Å². The summed E-state index contributed by atoms with van der Waals surface area (Å²) in [6, 6.07) is -1.25. The number of nitrogens with one attached hydrogen (secondary N) is 3. The molecule has 10 heteroatoms. The van der Waals surface area contributed by atoms with E-state index in [4.69, 9.17) is 10.6 Å². The molecule has 0 bridgehead atoms. The average Bonchev–Trinajstić information content (AvgIpc) is 3.38. The molecule has 0 aromatic heterocycles. The summed E-state index contributed by atoms with van der Waals surface area (Å²) < 4.78 is 16.0. The Balaban J connectivity index is 1.58. The third-order valence-corrected chi connectivity index (χ3v) is 7.35. The quantitative estimate of drug-likeness (QED) is 0.466. The van der Waals surface area contributed by atoms with Gasteiger partial charge in [-0.3, -0.25) is 0 Å². The minimum absolute atomic E-state index is 0.417. The zero-order chi connectivity index (χ0) is 17.6. The predicted molar refractivity (Wildman–Crippen MR) is 87.1 cm³/mol. The summed E-state index contributed by atoms with van der Waals surface area (Å²) in [5.41, 5.74) is 0. The second-order valence-electron chi connectivity index (χ2n) is 6.55. The van der Waals surface area contributed by atoms with E-state index in [0.717, 1.165) is 38.9 Å². The molecule has 3 aliphatic heterocycles. The molecule has 0 unspecified atom stereocenters. The van der Waals surface area contributed by atoms with Crippen molar-refractivity contribution in [1.82, 2.24) is 16.0 Å². The normalized spacial score (nSPS) is 28.6. The molecule has 25 heavy (non-hydrogen) atoms. The van der Waals surface area contributed by atoms with Gasteiger partial charge in [-0.1, -0.05) is 0 Å². The summed E-state index contributed by atoms with van der Waals surface area (Å²) in [6.07, 6.45) is 4.66. The molecule has 3 N–H and O–H groups in total. The van der Waals surface area contributed by atoms with Gasteiger partial charge in [0.2, 0.25) is 0 Å². The topological polar surface area (TPSA) is 115 Å². The van der Waals surface area contributed by atoms with Gasteiger partial charge in [0.1, 0.15) is 0 Å². The van der Waals surface area contributed by atoms with E-state index in [-0.39, 0.29) is 0 Å². The van der Waals surface area contributed by atoms with Crippen LogP contribution in [0.2, 0.25) is 0 Å². The Kier molecular flexibility index (Phi) is 6.76. The van der Waals surface area contributed by atoms with Crippen LogP contribution in [0, 0.1) is 0 Å². The molecule has 0 radical (unpaired) electrons. The number of hydrogen-bond donors (Lipinski definition) is 3. The molecule has 0 spiro atoms. The molecule has 9 nitrogen and oxygen atoms in total. The first kappa shape index (κ1) is 18.7. The zero-order valence-electron chi connectivity index (χ0n) is 14.1. The van der Waals surface area contributed by atoms with Crippen molar-refractivity contribution in [3.8, 4) is 0 Å². The molecule has 3 atom stereocenters. The van der Waals surface area contributed by atoms with Crippen molar-refractivity contribution in [3.63, 3.8) is 0 Å². The van der Waals surface area contributed by atoms with Crippen LogP contribution in [-0.4, -0.2) is 73.0 Å². The van der Waals surface area contributed by atoms with Gasteiger partial charge >= 0.3 is 152 Å². The van der Waals surface area contributed by atoms with E-state index in [1.165, 1.54) is 0 Å². The molecule has 138 valence electrons. The van der Waals surface area contributed by atoms with E-state index in [2.05, 4.69) is 16.0 Å². The standard InChI is InChI=1S/3C5H9NO2.Ga/c3*7-5(8)4-2-1-3-6-4;/h3*4,6H,1-3H2,(H,7,8);/q;;;+3/p-3/t3*4-;/m000./s1. The van der Waals surface area contributed by atoms with E-state index in [0.29, 0.717) is 19.3 Å². The first-order valence-corrected chi connectivity index (χ1v) is 11.9.